The van der Waals surface area contributed by atoms with Gasteiger partial charge in [0.05, 0.1) is 11.4 Å². The fourth-order valence-corrected chi connectivity index (χ4v) is 5.27. The summed E-state index contributed by atoms with van der Waals surface area (Å²) < 4.78 is 23.7. The second-order valence-electron chi connectivity index (χ2n) is 6.69. The Kier molecular flexibility index (Phi) is 5.55. The molecule has 0 spiro atoms. The molecule has 2 aromatic rings. The number of piperidine rings is 1. The maximum Gasteiger partial charge on any atom is 0.0564 e. The van der Waals surface area contributed by atoms with Crippen molar-refractivity contribution in [1.29, 1.82) is 0 Å². The van der Waals surface area contributed by atoms with Crippen LogP contribution in [0.25, 0.3) is 0 Å². The van der Waals surface area contributed by atoms with Gasteiger partial charge in [0.25, 0.3) is 0 Å². The van der Waals surface area contributed by atoms with Crippen LogP contribution in [-0.4, -0.2) is 37.3 Å². The number of thioether (sulfide) groups is 1. The van der Waals surface area contributed by atoms with Crippen molar-refractivity contribution in [3.63, 3.8) is 0 Å². The van der Waals surface area contributed by atoms with Crippen LogP contribution in [0.15, 0.2) is 57.2 Å². The average molecular weight is 411 g/mol. The Bertz CT molecular complexity index is 847. The van der Waals surface area contributed by atoms with Crippen molar-refractivity contribution in [2.45, 2.75) is 46.4 Å². The van der Waals surface area contributed by atoms with Crippen LogP contribution in [0.2, 0.25) is 0 Å². The third-order valence-corrected chi connectivity index (χ3v) is 7.00. The molecule has 26 heavy (non-hydrogen) atoms. The van der Waals surface area contributed by atoms with Crippen molar-refractivity contribution in [1.82, 2.24) is 4.90 Å². The van der Waals surface area contributed by atoms with Gasteiger partial charge in [0.1, 0.15) is 0 Å². The molecule has 2 heterocycles. The number of anilines is 2. The lowest BCUT2D eigenvalue weighted by molar-refractivity contribution is 0.178. The zero-order valence-corrected chi connectivity index (χ0v) is 17.4. The Balaban J connectivity index is 0.00000240. The van der Waals surface area contributed by atoms with Gasteiger partial charge in [0.2, 0.25) is 0 Å². The Hall–Kier alpha value is -0.810. The Morgan fingerprint density at radius 1 is 1.15 bits per heavy atom. The Morgan fingerprint density at radius 3 is 2.85 bits per heavy atom. The molecule has 1 fully saturated rings. The molecule has 2 aliphatic heterocycles. The first-order valence-electron chi connectivity index (χ1n) is 10.5. The van der Waals surface area contributed by atoms with E-state index in [0.29, 0.717) is 6.54 Å². The number of halogens is 1. The number of benzene rings is 2. The fraction of sp³-hybridized carbons (Fsp3) is 0.429. The van der Waals surface area contributed by atoms with Gasteiger partial charge in [0.15, 0.2) is 0 Å². The van der Waals surface area contributed by atoms with Crippen molar-refractivity contribution < 1.29 is 4.11 Å². The summed E-state index contributed by atoms with van der Waals surface area (Å²) in [5, 5.41) is 0. The lowest BCUT2D eigenvalue weighted by atomic mass is 10.0. The van der Waals surface area contributed by atoms with Crippen molar-refractivity contribution in [3.8, 4) is 0 Å². The van der Waals surface area contributed by atoms with Gasteiger partial charge in [-0.1, -0.05) is 30.3 Å². The van der Waals surface area contributed by atoms with Gasteiger partial charge in [-0.3, -0.25) is 0 Å². The van der Waals surface area contributed by atoms with E-state index in [0.717, 1.165) is 32.2 Å². The van der Waals surface area contributed by atoms with Gasteiger partial charge >= 0.3 is 0 Å². The molecule has 2 nitrogen and oxygen atoms in total. The lowest BCUT2D eigenvalue weighted by Gasteiger charge is -2.37. The van der Waals surface area contributed by atoms with Gasteiger partial charge in [-0.05, 0) is 69.4 Å². The van der Waals surface area contributed by atoms with Gasteiger partial charge in [0, 0.05) is 31.4 Å². The number of hydrogen-bond acceptors (Lipinski definition) is 4. The predicted octanol–water partition coefficient (Wildman–Crippen LogP) is 6.31. The highest BCUT2D eigenvalue weighted by molar-refractivity contribution is 8.00. The normalized spacial score (nSPS) is 21.7. The first-order chi connectivity index (χ1) is 13.5. The van der Waals surface area contributed by atoms with Crippen LogP contribution in [0.5, 0.6) is 0 Å². The molecule has 1 atom stereocenters. The molecule has 0 aromatic heterocycles. The molecule has 0 amide bonds. The summed E-state index contributed by atoms with van der Waals surface area (Å²) in [7, 11) is 0. The van der Waals surface area contributed by atoms with Crippen LogP contribution >= 0.6 is 35.9 Å². The van der Waals surface area contributed by atoms with Crippen LogP contribution < -0.4 is 4.90 Å². The van der Waals surface area contributed by atoms with E-state index in [2.05, 4.69) is 53.6 Å². The summed E-state index contributed by atoms with van der Waals surface area (Å²) >= 11 is 3.58. The molecule has 2 aromatic carbocycles. The van der Waals surface area contributed by atoms with E-state index >= 15 is 0 Å². The maximum atomic E-state index is 7.91. The van der Waals surface area contributed by atoms with Crippen molar-refractivity contribution in [2.75, 3.05) is 31.2 Å². The smallest absolute Gasteiger partial charge is 0.0564 e. The SMILES string of the molecule is Cl.[2H][13C]([2H])([2H])N1CCCCC1CCN1c2ccccc2Sc2ccc(SC)cc21. The number of hydrogen-bond donors (Lipinski definition) is 0. The number of fused-ring (bicyclic) bond motifs is 2. The highest BCUT2D eigenvalue weighted by Crippen LogP contribution is 2.49. The Morgan fingerprint density at radius 2 is 2.00 bits per heavy atom. The summed E-state index contributed by atoms with van der Waals surface area (Å²) in [5.41, 5.74) is 2.47. The van der Waals surface area contributed by atoms with E-state index in [4.69, 9.17) is 4.11 Å². The molecule has 1 saturated heterocycles. The molecular formula is C21H27ClN2S2. The van der Waals surface area contributed by atoms with Crippen LogP contribution in [0.3, 0.4) is 0 Å². The minimum atomic E-state index is -2.00. The van der Waals surface area contributed by atoms with Crippen molar-refractivity contribution in [3.05, 3.63) is 42.5 Å². The topological polar surface area (TPSA) is 6.48 Å². The zero-order chi connectivity index (χ0) is 19.7. The standard InChI is InChI=1S/C21H26N2S2.ClH/c1-22-13-6-5-7-16(22)12-14-23-18-8-3-4-9-20(18)25-21-11-10-17(24-2)15-19(21)23;/h3-4,8-11,15-16H,5-7,12-14H2,1-2H3;1H/i1+1D3;. The van der Waals surface area contributed by atoms with Gasteiger partial charge in [-0.25, -0.2) is 0 Å². The highest BCUT2D eigenvalue weighted by atomic mass is 35.5. The van der Waals surface area contributed by atoms with E-state index in [1.807, 2.05) is 11.8 Å². The fourth-order valence-electron chi connectivity index (χ4n) is 3.76. The van der Waals surface area contributed by atoms with E-state index < -0.39 is 6.98 Å². The molecule has 0 N–H and O–H groups in total. The monoisotopic (exact) mass is 410 g/mol. The van der Waals surface area contributed by atoms with Crippen LogP contribution in [0.4, 0.5) is 11.4 Å². The van der Waals surface area contributed by atoms with Crippen LogP contribution in [-0.2, 0) is 0 Å². The third kappa shape index (κ3) is 4.04. The largest absolute Gasteiger partial charge is 0.340 e. The molecule has 2 aliphatic rings. The molecule has 1 unspecified atom stereocenters. The second kappa shape index (κ2) is 8.92. The summed E-state index contributed by atoms with van der Waals surface area (Å²) in [4.78, 5) is 7.94. The summed E-state index contributed by atoms with van der Waals surface area (Å²) in [6.45, 7) is -0.481. The summed E-state index contributed by atoms with van der Waals surface area (Å²) in [6, 6.07) is 15.3. The average Bonchev–Trinajstić information content (AvgIpc) is 2.70. The Labute approximate surface area is 176 Å². The molecule has 5 heteroatoms. The molecule has 0 radical (unpaired) electrons. The van der Waals surface area contributed by atoms with E-state index in [-0.39, 0.29) is 18.4 Å². The first kappa shape index (κ1) is 16.2. The van der Waals surface area contributed by atoms with E-state index in [1.165, 1.54) is 26.1 Å². The minimum absolute atomic E-state index is 0. The van der Waals surface area contributed by atoms with E-state index in [9.17, 15) is 0 Å². The first-order valence-corrected chi connectivity index (χ1v) is 11.0. The zero-order valence-electron chi connectivity index (χ0n) is 18.0. The number of rotatable bonds is 4. The summed E-state index contributed by atoms with van der Waals surface area (Å²) in [6.07, 6.45) is 6.04. The van der Waals surface area contributed by atoms with Gasteiger partial charge < -0.3 is 9.80 Å². The highest BCUT2D eigenvalue weighted by Gasteiger charge is 2.25. The molecular weight excluding hydrogens is 381 g/mol. The number of para-hydroxylation sites is 1. The quantitative estimate of drug-likeness (QED) is 0.430. The third-order valence-electron chi connectivity index (χ3n) is 5.15. The van der Waals surface area contributed by atoms with Gasteiger partial charge in [-0.15, -0.1) is 24.2 Å². The van der Waals surface area contributed by atoms with Crippen LogP contribution in [0, 0.1) is 0 Å². The molecule has 0 bridgehead atoms. The number of nitrogens with zero attached hydrogens (tertiary/aromatic N) is 2. The molecule has 0 aliphatic carbocycles. The second-order valence-corrected chi connectivity index (χ2v) is 8.65. The predicted molar refractivity (Wildman–Crippen MR) is 118 cm³/mol. The van der Waals surface area contributed by atoms with Crippen molar-refractivity contribution in [2.24, 2.45) is 0 Å². The number of likely N-dealkylation sites (tertiary alicyclic amines) is 1. The molecule has 4 rings (SSSR count). The molecule has 140 valence electrons. The van der Waals surface area contributed by atoms with Crippen LogP contribution in [0.1, 0.15) is 29.8 Å². The summed E-state index contributed by atoms with van der Waals surface area (Å²) in [5.74, 6) is 0. The molecule has 0 saturated carbocycles. The van der Waals surface area contributed by atoms with E-state index in [1.54, 1.807) is 16.7 Å². The lowest BCUT2D eigenvalue weighted by Crippen LogP contribution is -2.38. The van der Waals surface area contributed by atoms with Gasteiger partial charge in [-0.2, -0.15) is 0 Å². The minimum Gasteiger partial charge on any atom is -0.340 e. The maximum absolute atomic E-state index is 7.91. The van der Waals surface area contributed by atoms with Crippen molar-refractivity contribution >= 4 is 47.3 Å².